The number of hydrogen-bond donors (Lipinski definition) is 6. The third-order valence-corrected chi connectivity index (χ3v) is 9.79. The number of hydrogen-bond acceptors (Lipinski definition) is 8. The molecule has 1 heterocycles. The number of carbonyl (C=O) groups is 4. The van der Waals surface area contributed by atoms with Crippen molar-refractivity contribution in [1.82, 2.24) is 20.3 Å². The molecule has 0 aliphatic carbocycles. The van der Waals surface area contributed by atoms with Crippen LogP contribution >= 0.6 is 0 Å². The number of nitrogens with one attached hydrogen (secondary N) is 3. The largest absolute Gasteiger partial charge is 0.478 e. The van der Waals surface area contributed by atoms with Crippen LogP contribution < -0.4 is 21.1 Å². The Hall–Kier alpha value is -5.96. The van der Waals surface area contributed by atoms with Crippen LogP contribution in [-0.4, -0.2) is 65.5 Å². The lowest BCUT2D eigenvalue weighted by molar-refractivity contribution is -0.128. The summed E-state index contributed by atoms with van der Waals surface area (Å²) in [6, 6.07) is 29.1. The number of nitrogens with zero attached hydrogens (tertiary/aromatic N) is 1. The number of sulfonamides is 1. The van der Waals surface area contributed by atoms with Gasteiger partial charge in [0.15, 0.2) is 0 Å². The smallest absolute Gasteiger partial charge is 0.335 e. The molecule has 1 aromatic heterocycles. The maximum atomic E-state index is 13.8. The molecule has 0 fully saturated rings. The van der Waals surface area contributed by atoms with E-state index >= 15 is 0 Å². The number of aromatic carboxylic acids is 1. The lowest BCUT2D eigenvalue weighted by Gasteiger charge is -2.30. The molecule has 4 atom stereocenters. The quantitative estimate of drug-likeness (QED) is 0.0880. The SMILES string of the molecule is NC(=O)CC(NC(=O)c1ccc2ccccc2n1)C(=O)NC(Cc1ccccc1)C(O)CC(NS(=O)(=O)c1cccc(C(=O)O)c1)c1ccccc1. The maximum absolute atomic E-state index is 13.8. The van der Waals surface area contributed by atoms with E-state index in [1.165, 1.54) is 24.3 Å². The van der Waals surface area contributed by atoms with Gasteiger partial charge < -0.3 is 26.6 Å². The highest BCUT2D eigenvalue weighted by Gasteiger charge is 2.32. The highest BCUT2D eigenvalue weighted by Crippen LogP contribution is 2.25. The summed E-state index contributed by atoms with van der Waals surface area (Å²) in [7, 11) is -4.31. The Morgan fingerprint density at radius 1 is 0.788 bits per heavy atom. The summed E-state index contributed by atoms with van der Waals surface area (Å²) >= 11 is 0. The number of amides is 3. The van der Waals surface area contributed by atoms with Crippen molar-refractivity contribution in [3.05, 3.63) is 144 Å². The predicted octanol–water partition coefficient (Wildman–Crippen LogP) is 3.11. The van der Waals surface area contributed by atoms with Gasteiger partial charge in [0.25, 0.3) is 5.91 Å². The second-order valence-corrected chi connectivity index (χ2v) is 13.8. The number of fused-ring (bicyclic) bond motifs is 1. The van der Waals surface area contributed by atoms with Crippen LogP contribution in [0.3, 0.4) is 0 Å². The molecule has 3 amide bonds. The highest BCUT2D eigenvalue weighted by molar-refractivity contribution is 7.89. The summed E-state index contributed by atoms with van der Waals surface area (Å²) in [5.74, 6) is -3.70. The standard InChI is InChI=1S/C38H37N5O8S/c39-35(45)23-33(42-36(46)30-19-18-26-14-7-8-17-29(26)40-30)37(47)41-32(20-24-10-3-1-4-11-24)34(44)22-31(25-12-5-2-6-13-25)43-52(50,51)28-16-9-15-27(21-28)38(48)49/h1-19,21,31-34,43-44H,20,22-23H2,(H2,39,45)(H,41,47)(H,42,46)(H,48,49). The Bertz CT molecular complexity index is 2170. The van der Waals surface area contributed by atoms with E-state index in [1.54, 1.807) is 78.9 Å². The van der Waals surface area contributed by atoms with Gasteiger partial charge in [-0.25, -0.2) is 22.9 Å². The molecular formula is C38H37N5O8S. The lowest BCUT2D eigenvalue weighted by Crippen LogP contribution is -2.54. The Morgan fingerprint density at radius 3 is 2.15 bits per heavy atom. The summed E-state index contributed by atoms with van der Waals surface area (Å²) in [5, 5.41) is 27.2. The Balaban J connectivity index is 1.41. The molecular weight excluding hydrogens is 687 g/mol. The minimum Gasteiger partial charge on any atom is -0.478 e. The van der Waals surface area contributed by atoms with E-state index in [0.29, 0.717) is 11.1 Å². The lowest BCUT2D eigenvalue weighted by atomic mass is 9.93. The van der Waals surface area contributed by atoms with Crippen molar-refractivity contribution in [1.29, 1.82) is 0 Å². The van der Waals surface area contributed by atoms with Gasteiger partial charge in [0, 0.05) is 11.4 Å². The fourth-order valence-electron chi connectivity index (χ4n) is 5.66. The monoisotopic (exact) mass is 723 g/mol. The molecule has 0 aliphatic heterocycles. The molecule has 14 heteroatoms. The van der Waals surface area contributed by atoms with Crippen LogP contribution in [0.1, 0.15) is 50.9 Å². The Kier molecular flexibility index (Phi) is 12.1. The van der Waals surface area contributed by atoms with Crippen LogP contribution in [0.2, 0.25) is 0 Å². The van der Waals surface area contributed by atoms with E-state index < -0.39 is 64.4 Å². The second kappa shape index (κ2) is 16.8. The van der Waals surface area contributed by atoms with Crippen molar-refractivity contribution in [2.45, 2.75) is 48.4 Å². The molecule has 268 valence electrons. The molecule has 0 saturated heterocycles. The zero-order valence-corrected chi connectivity index (χ0v) is 28.6. The van der Waals surface area contributed by atoms with E-state index in [-0.39, 0.29) is 29.0 Å². The van der Waals surface area contributed by atoms with Crippen molar-refractivity contribution in [2.24, 2.45) is 5.73 Å². The number of benzene rings is 4. The molecule has 0 aliphatic rings. The van der Waals surface area contributed by atoms with Crippen molar-refractivity contribution < 1.29 is 37.8 Å². The number of pyridine rings is 1. The zero-order chi connectivity index (χ0) is 37.3. The summed E-state index contributed by atoms with van der Waals surface area (Å²) in [6.07, 6.45) is -2.10. The van der Waals surface area contributed by atoms with Gasteiger partial charge in [-0.15, -0.1) is 0 Å². The first-order valence-corrected chi connectivity index (χ1v) is 17.8. The molecule has 5 rings (SSSR count). The minimum absolute atomic E-state index is 0.00807. The van der Waals surface area contributed by atoms with Gasteiger partial charge in [-0.3, -0.25) is 14.4 Å². The minimum atomic E-state index is -4.31. The second-order valence-electron chi connectivity index (χ2n) is 12.1. The van der Waals surface area contributed by atoms with Crippen molar-refractivity contribution in [2.75, 3.05) is 0 Å². The number of carboxylic acid groups (broad SMARTS) is 1. The van der Waals surface area contributed by atoms with Crippen LogP contribution in [-0.2, 0) is 26.0 Å². The van der Waals surface area contributed by atoms with Crippen LogP contribution in [0.15, 0.2) is 126 Å². The van der Waals surface area contributed by atoms with E-state index in [0.717, 1.165) is 17.0 Å². The van der Waals surface area contributed by atoms with Gasteiger partial charge in [0.1, 0.15) is 11.7 Å². The number of carbonyl (C=O) groups excluding carboxylic acids is 3. The topological polar surface area (TPSA) is 218 Å². The summed E-state index contributed by atoms with van der Waals surface area (Å²) in [6.45, 7) is 0. The molecule has 5 aromatic rings. The van der Waals surface area contributed by atoms with Crippen LogP contribution in [0.5, 0.6) is 0 Å². The average Bonchev–Trinajstić information content (AvgIpc) is 3.14. The molecule has 0 radical (unpaired) electrons. The fraction of sp³-hybridized carbons (Fsp3) is 0.184. The maximum Gasteiger partial charge on any atom is 0.335 e. The third-order valence-electron chi connectivity index (χ3n) is 8.32. The number of aliphatic hydroxyl groups is 1. The first-order chi connectivity index (χ1) is 24.9. The van der Waals surface area contributed by atoms with Crippen LogP contribution in [0.25, 0.3) is 10.9 Å². The number of carboxylic acids is 1. The molecule has 7 N–H and O–H groups in total. The molecule has 0 bridgehead atoms. The summed E-state index contributed by atoms with van der Waals surface area (Å²) in [4.78, 5) is 54.7. The molecule has 0 spiro atoms. The van der Waals surface area contributed by atoms with Gasteiger partial charge in [0.2, 0.25) is 21.8 Å². The first kappa shape index (κ1) is 37.3. The predicted molar refractivity (Wildman–Crippen MR) is 192 cm³/mol. The number of rotatable bonds is 16. The average molecular weight is 724 g/mol. The number of primary amides is 1. The molecule has 13 nitrogen and oxygen atoms in total. The van der Waals surface area contributed by atoms with E-state index in [1.807, 2.05) is 12.1 Å². The van der Waals surface area contributed by atoms with Crippen molar-refractivity contribution in [3.63, 3.8) is 0 Å². The number of para-hydroxylation sites is 1. The third kappa shape index (κ3) is 9.84. The summed E-state index contributed by atoms with van der Waals surface area (Å²) < 4.78 is 29.7. The fourth-order valence-corrected chi connectivity index (χ4v) is 6.95. The zero-order valence-electron chi connectivity index (χ0n) is 27.8. The van der Waals surface area contributed by atoms with Gasteiger partial charge in [0.05, 0.1) is 34.5 Å². The van der Waals surface area contributed by atoms with E-state index in [9.17, 15) is 37.8 Å². The van der Waals surface area contributed by atoms with Crippen molar-refractivity contribution in [3.8, 4) is 0 Å². The van der Waals surface area contributed by atoms with E-state index in [4.69, 9.17) is 5.73 Å². The number of nitrogens with two attached hydrogens (primary N) is 1. The number of aromatic nitrogens is 1. The van der Waals surface area contributed by atoms with Gasteiger partial charge in [-0.2, -0.15) is 0 Å². The Labute approximate surface area is 300 Å². The van der Waals surface area contributed by atoms with Gasteiger partial charge in [-0.05, 0) is 54.3 Å². The molecule has 4 aromatic carbocycles. The normalized spacial score (nSPS) is 13.7. The first-order valence-electron chi connectivity index (χ1n) is 16.3. The molecule has 4 unspecified atom stereocenters. The molecule has 52 heavy (non-hydrogen) atoms. The number of aliphatic hydroxyl groups excluding tert-OH is 1. The highest BCUT2D eigenvalue weighted by atomic mass is 32.2. The van der Waals surface area contributed by atoms with Gasteiger partial charge in [-0.1, -0.05) is 91.0 Å². The molecule has 0 saturated carbocycles. The Morgan fingerprint density at radius 2 is 1.46 bits per heavy atom. The van der Waals surface area contributed by atoms with Crippen LogP contribution in [0, 0.1) is 0 Å². The van der Waals surface area contributed by atoms with Crippen LogP contribution in [0.4, 0.5) is 0 Å². The van der Waals surface area contributed by atoms with E-state index in [2.05, 4.69) is 20.3 Å². The van der Waals surface area contributed by atoms with Crippen molar-refractivity contribution >= 4 is 44.6 Å². The summed E-state index contributed by atoms with van der Waals surface area (Å²) in [5.41, 5.74) is 7.02. The van der Waals surface area contributed by atoms with Gasteiger partial charge >= 0.3 is 5.97 Å².